The fourth-order valence-electron chi connectivity index (χ4n) is 2.15. The quantitative estimate of drug-likeness (QED) is 0.275. The topological polar surface area (TPSA) is 100 Å². The van der Waals surface area contributed by atoms with Gasteiger partial charge in [-0.15, -0.1) is 0 Å². The van der Waals surface area contributed by atoms with E-state index in [1.807, 2.05) is 0 Å². The minimum absolute atomic E-state index is 0.102. The molecule has 1 rings (SSSR count). The van der Waals surface area contributed by atoms with E-state index in [9.17, 15) is 4.79 Å². The molecule has 0 bridgehead atoms. The summed E-state index contributed by atoms with van der Waals surface area (Å²) in [7, 11) is 1.59. The minimum atomic E-state index is -0.102. The smallest absolute Gasteiger partial charge is 0.317 e. The molecule has 0 aliphatic heterocycles. The lowest BCUT2D eigenvalue weighted by Crippen LogP contribution is -2.46. The van der Waals surface area contributed by atoms with Gasteiger partial charge in [0.25, 0.3) is 0 Å². The highest BCUT2D eigenvalue weighted by molar-refractivity contribution is 5.81. The second kappa shape index (κ2) is 8.58. The largest absolute Gasteiger partial charge is 0.409 e. The molecular weight excluding hydrogens is 248 g/mol. The molecule has 0 saturated heterocycles. The first-order valence-corrected chi connectivity index (χ1v) is 6.68. The second-order valence-corrected chi connectivity index (χ2v) is 4.75. The standard InChI is InChI=1S/C12H24N4O3/c1-19-9-8-16(7-6-11(13)15-18)12(17)14-10-4-2-3-5-10/h10,18H,2-9H2,1H3,(H2,13,15)(H,14,17). The van der Waals surface area contributed by atoms with Gasteiger partial charge in [-0.05, 0) is 12.8 Å². The third-order valence-electron chi connectivity index (χ3n) is 3.30. The van der Waals surface area contributed by atoms with Crippen LogP contribution in [0, 0.1) is 0 Å². The van der Waals surface area contributed by atoms with Crippen LogP contribution in [0.4, 0.5) is 4.79 Å². The van der Waals surface area contributed by atoms with Crippen LogP contribution in [0.2, 0.25) is 0 Å². The molecule has 110 valence electrons. The van der Waals surface area contributed by atoms with Crippen LogP contribution >= 0.6 is 0 Å². The first kappa shape index (κ1) is 15.6. The molecule has 7 heteroatoms. The van der Waals surface area contributed by atoms with Crippen LogP contribution in [0.5, 0.6) is 0 Å². The van der Waals surface area contributed by atoms with E-state index in [0.29, 0.717) is 26.1 Å². The fraction of sp³-hybridized carbons (Fsp3) is 0.833. The molecule has 4 N–H and O–H groups in total. The number of rotatable bonds is 7. The predicted molar refractivity (Wildman–Crippen MR) is 72.3 cm³/mol. The van der Waals surface area contributed by atoms with E-state index >= 15 is 0 Å². The van der Waals surface area contributed by atoms with Crippen molar-refractivity contribution in [3.63, 3.8) is 0 Å². The van der Waals surface area contributed by atoms with E-state index in [4.69, 9.17) is 15.7 Å². The zero-order valence-corrected chi connectivity index (χ0v) is 11.5. The molecule has 1 fully saturated rings. The molecule has 0 heterocycles. The van der Waals surface area contributed by atoms with Gasteiger partial charge in [-0.2, -0.15) is 0 Å². The summed E-state index contributed by atoms with van der Waals surface area (Å²) in [5, 5.41) is 14.4. The Bertz CT molecular complexity index is 303. The van der Waals surface area contributed by atoms with Gasteiger partial charge in [0.1, 0.15) is 5.84 Å². The van der Waals surface area contributed by atoms with Crippen molar-refractivity contribution in [2.75, 3.05) is 26.8 Å². The number of methoxy groups -OCH3 is 1. The minimum Gasteiger partial charge on any atom is -0.409 e. The normalized spacial score (nSPS) is 16.6. The van der Waals surface area contributed by atoms with E-state index < -0.39 is 0 Å². The van der Waals surface area contributed by atoms with Gasteiger partial charge in [0.05, 0.1) is 6.61 Å². The molecule has 0 spiro atoms. The van der Waals surface area contributed by atoms with Crippen LogP contribution in [0.1, 0.15) is 32.1 Å². The number of urea groups is 1. The van der Waals surface area contributed by atoms with Crippen LogP contribution in [0.15, 0.2) is 5.16 Å². The lowest BCUT2D eigenvalue weighted by atomic mass is 10.2. The summed E-state index contributed by atoms with van der Waals surface area (Å²) in [6.07, 6.45) is 4.78. The van der Waals surface area contributed by atoms with Gasteiger partial charge in [-0.1, -0.05) is 18.0 Å². The van der Waals surface area contributed by atoms with Crippen LogP contribution in [-0.2, 0) is 4.74 Å². The summed E-state index contributed by atoms with van der Waals surface area (Å²) in [6.45, 7) is 1.37. The molecule has 0 aromatic heterocycles. The van der Waals surface area contributed by atoms with Gasteiger partial charge in [0.2, 0.25) is 0 Å². The Morgan fingerprint density at radius 1 is 1.47 bits per heavy atom. The van der Waals surface area contributed by atoms with Crippen molar-refractivity contribution in [2.45, 2.75) is 38.1 Å². The second-order valence-electron chi connectivity index (χ2n) is 4.75. The number of hydrogen-bond acceptors (Lipinski definition) is 4. The maximum Gasteiger partial charge on any atom is 0.317 e. The molecule has 1 saturated carbocycles. The van der Waals surface area contributed by atoms with Crippen molar-refractivity contribution in [2.24, 2.45) is 10.9 Å². The van der Waals surface area contributed by atoms with Crippen molar-refractivity contribution < 1.29 is 14.7 Å². The zero-order chi connectivity index (χ0) is 14.1. The molecule has 2 amide bonds. The lowest BCUT2D eigenvalue weighted by molar-refractivity contribution is 0.148. The third-order valence-corrected chi connectivity index (χ3v) is 3.30. The fourth-order valence-corrected chi connectivity index (χ4v) is 2.15. The van der Waals surface area contributed by atoms with Crippen LogP contribution in [0.3, 0.4) is 0 Å². The third kappa shape index (κ3) is 5.78. The average Bonchev–Trinajstić information content (AvgIpc) is 2.91. The maximum atomic E-state index is 12.1. The summed E-state index contributed by atoms with van der Waals surface area (Å²) in [4.78, 5) is 13.8. The van der Waals surface area contributed by atoms with Gasteiger partial charge >= 0.3 is 6.03 Å². The Morgan fingerprint density at radius 3 is 2.74 bits per heavy atom. The summed E-state index contributed by atoms with van der Waals surface area (Å²) in [6, 6.07) is 0.177. The maximum absolute atomic E-state index is 12.1. The number of hydrogen-bond donors (Lipinski definition) is 3. The molecule has 0 aromatic carbocycles. The van der Waals surface area contributed by atoms with Crippen LogP contribution in [-0.4, -0.2) is 54.8 Å². The number of amides is 2. The van der Waals surface area contributed by atoms with Gasteiger partial charge in [-0.3, -0.25) is 0 Å². The molecule has 1 aliphatic carbocycles. The summed E-state index contributed by atoms with van der Waals surface area (Å²) < 4.78 is 4.99. The number of ether oxygens (including phenoxy) is 1. The van der Waals surface area contributed by atoms with Crippen molar-refractivity contribution in [1.29, 1.82) is 0 Å². The Kier molecular flexibility index (Phi) is 7.02. The van der Waals surface area contributed by atoms with Crippen LogP contribution < -0.4 is 11.1 Å². The van der Waals surface area contributed by atoms with E-state index in [1.54, 1.807) is 12.0 Å². The Labute approximate surface area is 113 Å². The molecular formula is C12H24N4O3. The molecule has 19 heavy (non-hydrogen) atoms. The van der Waals surface area contributed by atoms with Crippen molar-refractivity contribution in [1.82, 2.24) is 10.2 Å². The molecule has 0 unspecified atom stereocenters. The molecule has 0 radical (unpaired) electrons. The molecule has 7 nitrogen and oxygen atoms in total. The van der Waals surface area contributed by atoms with Crippen LogP contribution in [0.25, 0.3) is 0 Å². The highest BCUT2D eigenvalue weighted by atomic mass is 16.5. The summed E-state index contributed by atoms with van der Waals surface area (Å²) in [5.74, 6) is 0.121. The Hall–Kier alpha value is -1.50. The number of nitrogens with two attached hydrogens (primary N) is 1. The number of amidine groups is 1. The summed E-state index contributed by atoms with van der Waals surface area (Å²) in [5.41, 5.74) is 5.42. The van der Waals surface area contributed by atoms with Gasteiger partial charge in [0.15, 0.2) is 0 Å². The molecule has 0 atom stereocenters. The summed E-state index contributed by atoms with van der Waals surface area (Å²) >= 11 is 0. The zero-order valence-electron chi connectivity index (χ0n) is 11.5. The predicted octanol–water partition coefficient (Wildman–Crippen LogP) is 0.724. The highest BCUT2D eigenvalue weighted by Gasteiger charge is 2.20. The number of nitrogens with zero attached hydrogens (tertiary/aromatic N) is 2. The number of oxime groups is 1. The van der Waals surface area contributed by atoms with Gasteiger partial charge in [-0.25, -0.2) is 4.79 Å². The first-order chi connectivity index (χ1) is 9.17. The first-order valence-electron chi connectivity index (χ1n) is 6.68. The SMILES string of the molecule is COCCN(CCC(N)=NO)C(=O)NC1CCCC1. The number of nitrogens with one attached hydrogen (secondary N) is 1. The Balaban J connectivity index is 2.43. The highest BCUT2D eigenvalue weighted by Crippen LogP contribution is 2.17. The molecule has 0 aromatic rings. The van der Waals surface area contributed by atoms with E-state index in [-0.39, 0.29) is 17.9 Å². The molecule has 1 aliphatic rings. The number of carbonyl (C=O) groups excluding carboxylic acids is 1. The van der Waals surface area contributed by atoms with E-state index in [2.05, 4.69) is 10.5 Å². The van der Waals surface area contributed by atoms with Gasteiger partial charge in [0, 0.05) is 32.7 Å². The average molecular weight is 272 g/mol. The monoisotopic (exact) mass is 272 g/mol. The number of carbonyl (C=O) groups is 1. The Morgan fingerprint density at radius 2 is 2.16 bits per heavy atom. The van der Waals surface area contributed by atoms with E-state index in [1.165, 1.54) is 12.8 Å². The van der Waals surface area contributed by atoms with E-state index in [0.717, 1.165) is 12.8 Å². The van der Waals surface area contributed by atoms with Crippen molar-refractivity contribution in [3.8, 4) is 0 Å². The lowest BCUT2D eigenvalue weighted by Gasteiger charge is -2.24. The van der Waals surface area contributed by atoms with Crippen molar-refractivity contribution >= 4 is 11.9 Å². The van der Waals surface area contributed by atoms with Gasteiger partial charge < -0.3 is 25.9 Å². The van der Waals surface area contributed by atoms with Crippen molar-refractivity contribution in [3.05, 3.63) is 0 Å².